The van der Waals surface area contributed by atoms with E-state index in [0.717, 1.165) is 12.5 Å². The molecule has 0 unspecified atom stereocenters. The Labute approximate surface area is 97.1 Å². The van der Waals surface area contributed by atoms with Gasteiger partial charge in [0.25, 0.3) is 0 Å². The van der Waals surface area contributed by atoms with Gasteiger partial charge in [-0.05, 0) is 13.8 Å². The Hall–Kier alpha value is -2.11. The lowest BCUT2D eigenvalue weighted by Crippen LogP contribution is -2.24. The summed E-state index contributed by atoms with van der Waals surface area (Å²) in [7, 11) is 0. The second kappa shape index (κ2) is 5.83. The molecule has 6 heteroatoms. The number of carbonyl (C=O) groups excluding carboxylic acids is 2. The minimum absolute atomic E-state index is 0.127. The van der Waals surface area contributed by atoms with Crippen molar-refractivity contribution in [2.75, 3.05) is 13.2 Å². The Morgan fingerprint density at radius 1 is 1.06 bits per heavy atom. The van der Waals surface area contributed by atoms with Crippen LogP contribution in [0.2, 0.25) is 0 Å². The van der Waals surface area contributed by atoms with Crippen molar-refractivity contribution in [1.82, 2.24) is 0 Å². The Morgan fingerprint density at radius 3 is 1.82 bits per heavy atom. The topological polar surface area (TPSA) is 82.8 Å². The van der Waals surface area contributed by atoms with Crippen LogP contribution in [0.4, 0.5) is 0 Å². The first-order chi connectivity index (χ1) is 8.11. The summed E-state index contributed by atoms with van der Waals surface area (Å²) in [4.78, 5) is 34.5. The van der Waals surface area contributed by atoms with Gasteiger partial charge in [-0.15, -0.1) is 0 Å². The summed E-state index contributed by atoms with van der Waals surface area (Å²) in [6.07, 6.45) is 1.89. The van der Waals surface area contributed by atoms with E-state index < -0.39 is 17.4 Å². The summed E-state index contributed by atoms with van der Waals surface area (Å²) >= 11 is 0. The third-order valence-electron chi connectivity index (χ3n) is 1.85. The molecule has 0 atom stereocenters. The van der Waals surface area contributed by atoms with E-state index in [2.05, 4.69) is 9.47 Å². The van der Waals surface area contributed by atoms with Gasteiger partial charge in [0.15, 0.2) is 0 Å². The standard InChI is InChI=1S/C11H12O6/c1-3-16-10(13)7-5-15-6-8(9(7)12)11(14)17-4-2/h5-6H,3-4H2,1-2H3. The molecule has 0 radical (unpaired) electrons. The lowest BCUT2D eigenvalue weighted by Gasteiger charge is -2.03. The number of ether oxygens (including phenoxy) is 2. The Morgan fingerprint density at radius 2 is 1.47 bits per heavy atom. The molecule has 0 amide bonds. The molecular formula is C11H12O6. The van der Waals surface area contributed by atoms with Crippen LogP contribution in [-0.4, -0.2) is 25.2 Å². The highest BCUT2D eigenvalue weighted by Crippen LogP contribution is 2.01. The monoisotopic (exact) mass is 240 g/mol. The van der Waals surface area contributed by atoms with Crippen LogP contribution in [0.3, 0.4) is 0 Å². The van der Waals surface area contributed by atoms with Crippen molar-refractivity contribution >= 4 is 11.9 Å². The van der Waals surface area contributed by atoms with Gasteiger partial charge in [0, 0.05) is 0 Å². The maximum absolute atomic E-state index is 11.7. The smallest absolute Gasteiger partial charge is 0.345 e. The maximum atomic E-state index is 11.7. The zero-order chi connectivity index (χ0) is 12.8. The van der Waals surface area contributed by atoms with Crippen molar-refractivity contribution in [3.05, 3.63) is 33.9 Å². The summed E-state index contributed by atoms with van der Waals surface area (Å²) in [6.45, 7) is 3.47. The summed E-state index contributed by atoms with van der Waals surface area (Å²) in [5.74, 6) is -1.65. The van der Waals surface area contributed by atoms with Gasteiger partial charge in [0.2, 0.25) is 5.43 Å². The van der Waals surface area contributed by atoms with Crippen molar-refractivity contribution in [3.8, 4) is 0 Å². The number of hydrogen-bond acceptors (Lipinski definition) is 6. The normalized spacial score (nSPS) is 9.76. The minimum atomic E-state index is -0.826. The van der Waals surface area contributed by atoms with Crippen LogP contribution < -0.4 is 5.43 Å². The molecule has 0 aliphatic rings. The highest BCUT2D eigenvalue weighted by molar-refractivity contribution is 5.94. The lowest BCUT2D eigenvalue weighted by atomic mass is 10.2. The van der Waals surface area contributed by atoms with Crippen LogP contribution in [-0.2, 0) is 9.47 Å². The van der Waals surface area contributed by atoms with Crippen LogP contribution in [0, 0.1) is 0 Å². The van der Waals surface area contributed by atoms with Crippen LogP contribution in [0.15, 0.2) is 21.7 Å². The zero-order valence-corrected chi connectivity index (χ0v) is 9.52. The number of hydrogen-bond donors (Lipinski definition) is 0. The van der Waals surface area contributed by atoms with Crippen LogP contribution >= 0.6 is 0 Å². The average molecular weight is 240 g/mol. The van der Waals surface area contributed by atoms with Gasteiger partial charge in [-0.2, -0.15) is 0 Å². The van der Waals surface area contributed by atoms with E-state index in [1.54, 1.807) is 13.8 Å². The van der Waals surface area contributed by atoms with Crippen LogP contribution in [0.25, 0.3) is 0 Å². The molecule has 0 fully saturated rings. The average Bonchev–Trinajstić information content (AvgIpc) is 2.29. The summed E-state index contributed by atoms with van der Waals surface area (Å²) in [6, 6.07) is 0. The van der Waals surface area contributed by atoms with E-state index in [9.17, 15) is 14.4 Å². The summed E-state index contributed by atoms with van der Waals surface area (Å²) in [5.41, 5.74) is -1.40. The minimum Gasteiger partial charge on any atom is -0.471 e. The second-order valence-corrected chi connectivity index (χ2v) is 2.97. The van der Waals surface area contributed by atoms with Gasteiger partial charge < -0.3 is 13.9 Å². The first-order valence-corrected chi connectivity index (χ1v) is 5.06. The first kappa shape index (κ1) is 13.0. The fraction of sp³-hybridized carbons (Fsp3) is 0.364. The van der Waals surface area contributed by atoms with Crippen LogP contribution in [0.5, 0.6) is 0 Å². The van der Waals surface area contributed by atoms with Crippen molar-refractivity contribution in [3.63, 3.8) is 0 Å². The molecule has 1 aromatic heterocycles. The third kappa shape index (κ3) is 2.93. The molecule has 0 saturated carbocycles. The SMILES string of the molecule is CCOC(=O)c1cocc(C(=O)OCC)c1=O. The summed E-state index contributed by atoms with van der Waals surface area (Å²) < 4.78 is 14.1. The second-order valence-electron chi connectivity index (χ2n) is 2.97. The highest BCUT2D eigenvalue weighted by Gasteiger charge is 2.20. The van der Waals surface area contributed by atoms with Gasteiger partial charge >= 0.3 is 11.9 Å². The molecule has 0 bridgehead atoms. The first-order valence-electron chi connectivity index (χ1n) is 5.06. The fourth-order valence-electron chi connectivity index (χ4n) is 1.12. The molecule has 0 aliphatic carbocycles. The number of esters is 2. The van der Waals surface area contributed by atoms with Crippen molar-refractivity contribution in [2.24, 2.45) is 0 Å². The van der Waals surface area contributed by atoms with Gasteiger partial charge in [-0.1, -0.05) is 0 Å². The quantitative estimate of drug-likeness (QED) is 0.730. The molecule has 0 aromatic carbocycles. The predicted molar refractivity (Wildman–Crippen MR) is 56.9 cm³/mol. The van der Waals surface area contributed by atoms with Gasteiger partial charge in [-0.3, -0.25) is 4.79 Å². The van der Waals surface area contributed by atoms with E-state index in [-0.39, 0.29) is 24.3 Å². The predicted octanol–water partition coefficient (Wildman–Crippen LogP) is 0.993. The fourth-order valence-corrected chi connectivity index (χ4v) is 1.12. The number of rotatable bonds is 4. The molecule has 0 N–H and O–H groups in total. The van der Waals surface area contributed by atoms with E-state index >= 15 is 0 Å². The maximum Gasteiger partial charge on any atom is 0.345 e. The Kier molecular flexibility index (Phi) is 4.45. The Bertz CT molecular complexity index is 434. The highest BCUT2D eigenvalue weighted by atomic mass is 16.5. The molecule has 1 aromatic rings. The van der Waals surface area contributed by atoms with Crippen LogP contribution in [0.1, 0.15) is 34.6 Å². The van der Waals surface area contributed by atoms with E-state index in [4.69, 9.17) is 4.42 Å². The lowest BCUT2D eigenvalue weighted by molar-refractivity contribution is 0.0516. The van der Waals surface area contributed by atoms with E-state index in [1.807, 2.05) is 0 Å². The van der Waals surface area contributed by atoms with Crippen molar-refractivity contribution in [1.29, 1.82) is 0 Å². The van der Waals surface area contributed by atoms with E-state index in [0.29, 0.717) is 0 Å². The third-order valence-corrected chi connectivity index (χ3v) is 1.85. The number of carbonyl (C=O) groups is 2. The largest absolute Gasteiger partial charge is 0.471 e. The zero-order valence-electron chi connectivity index (χ0n) is 9.52. The molecule has 0 aliphatic heterocycles. The van der Waals surface area contributed by atoms with Gasteiger partial charge in [0.05, 0.1) is 13.2 Å². The molecule has 0 spiro atoms. The van der Waals surface area contributed by atoms with E-state index in [1.165, 1.54) is 0 Å². The molecule has 17 heavy (non-hydrogen) atoms. The Balaban J connectivity index is 3.12. The molecular weight excluding hydrogens is 228 g/mol. The molecule has 1 heterocycles. The molecule has 1 rings (SSSR count). The van der Waals surface area contributed by atoms with Crippen molar-refractivity contribution < 1.29 is 23.5 Å². The van der Waals surface area contributed by atoms with Crippen molar-refractivity contribution in [2.45, 2.75) is 13.8 Å². The molecule has 0 saturated heterocycles. The summed E-state index contributed by atoms with van der Waals surface area (Å²) in [5, 5.41) is 0. The van der Waals surface area contributed by atoms with Gasteiger partial charge in [-0.25, -0.2) is 9.59 Å². The van der Waals surface area contributed by atoms with Gasteiger partial charge in [0.1, 0.15) is 23.7 Å². The molecule has 92 valence electrons. The molecule has 6 nitrogen and oxygen atoms in total.